The molecular weight excluding hydrogens is 615 g/mol. The Bertz CT molecular complexity index is 1530. The molecule has 1 saturated carbocycles. The minimum atomic E-state index is -4.79. The topological polar surface area (TPSA) is 86.8 Å². The number of rotatable bonds is 12. The zero-order chi connectivity index (χ0) is 31.9. The normalized spacial score (nSPS) is 14.7. The summed E-state index contributed by atoms with van der Waals surface area (Å²) >= 11 is 6.31. The lowest BCUT2D eigenvalue weighted by Gasteiger charge is -2.34. The van der Waals surface area contributed by atoms with Crippen molar-refractivity contribution in [3.05, 3.63) is 95.0 Å². The van der Waals surface area contributed by atoms with Crippen LogP contribution < -0.4 is 9.62 Å². The number of halogens is 4. The standard InChI is InChI=1S/C32H35ClF3N3O4S/c1-2-28(31(41)37-25-13-9-10-14-25)38(20-19-23-11-5-3-6-12-23)30(40)22-39(44(42,43)26-15-7-4-8-16-26)29-21-24(32(34,35)36)17-18-27(29)33/h3-8,11-12,15-18,21,25,28H,2,9-10,13-14,19-20,22H2,1H3,(H,37,41). The second-order valence-corrected chi connectivity index (χ2v) is 13.0. The molecule has 3 aromatic rings. The summed E-state index contributed by atoms with van der Waals surface area (Å²) in [5.74, 6) is -1.10. The second-order valence-electron chi connectivity index (χ2n) is 10.7. The van der Waals surface area contributed by atoms with E-state index in [9.17, 15) is 31.2 Å². The highest BCUT2D eigenvalue weighted by Crippen LogP contribution is 2.37. The molecule has 0 bridgehead atoms. The predicted molar refractivity (Wildman–Crippen MR) is 164 cm³/mol. The molecule has 1 aliphatic carbocycles. The van der Waals surface area contributed by atoms with Crippen LogP contribution in [0.4, 0.5) is 18.9 Å². The van der Waals surface area contributed by atoms with E-state index < -0.39 is 45.9 Å². The average Bonchev–Trinajstić information content (AvgIpc) is 3.51. The maximum absolute atomic E-state index is 14.1. The van der Waals surface area contributed by atoms with E-state index in [0.29, 0.717) is 16.8 Å². The SMILES string of the molecule is CCC(C(=O)NC1CCCC1)N(CCc1ccccc1)C(=O)CN(c1cc(C(F)(F)F)ccc1Cl)S(=O)(=O)c1ccccc1. The molecule has 1 fully saturated rings. The molecule has 0 aromatic heterocycles. The summed E-state index contributed by atoms with van der Waals surface area (Å²) in [4.78, 5) is 28.7. The molecule has 2 amide bonds. The number of nitrogens with zero attached hydrogens (tertiary/aromatic N) is 2. The van der Waals surface area contributed by atoms with Gasteiger partial charge in [-0.15, -0.1) is 0 Å². The minimum Gasteiger partial charge on any atom is -0.352 e. The van der Waals surface area contributed by atoms with Crippen LogP contribution in [0.25, 0.3) is 0 Å². The van der Waals surface area contributed by atoms with Crippen LogP contribution in [0.3, 0.4) is 0 Å². The Hall–Kier alpha value is -3.57. The van der Waals surface area contributed by atoms with E-state index in [1.54, 1.807) is 13.0 Å². The smallest absolute Gasteiger partial charge is 0.352 e. The molecule has 1 unspecified atom stereocenters. The monoisotopic (exact) mass is 649 g/mol. The molecule has 0 saturated heterocycles. The largest absolute Gasteiger partial charge is 0.416 e. The molecule has 0 spiro atoms. The predicted octanol–water partition coefficient (Wildman–Crippen LogP) is 6.46. The van der Waals surface area contributed by atoms with Crippen molar-refractivity contribution in [3.8, 4) is 0 Å². The average molecular weight is 650 g/mol. The molecule has 12 heteroatoms. The fourth-order valence-corrected chi connectivity index (χ4v) is 7.09. The first kappa shape index (κ1) is 33.3. The number of hydrogen-bond acceptors (Lipinski definition) is 4. The number of anilines is 1. The van der Waals surface area contributed by atoms with Gasteiger partial charge in [-0.05, 0) is 61.6 Å². The highest BCUT2D eigenvalue weighted by molar-refractivity contribution is 7.92. The Balaban J connectivity index is 1.74. The summed E-state index contributed by atoms with van der Waals surface area (Å²) in [7, 11) is -4.57. The fraction of sp³-hybridized carbons (Fsp3) is 0.375. The van der Waals surface area contributed by atoms with Gasteiger partial charge in [-0.1, -0.05) is 79.9 Å². The van der Waals surface area contributed by atoms with E-state index in [0.717, 1.165) is 43.4 Å². The number of amides is 2. The van der Waals surface area contributed by atoms with E-state index in [1.165, 1.54) is 29.2 Å². The van der Waals surface area contributed by atoms with E-state index in [2.05, 4.69) is 5.32 Å². The minimum absolute atomic E-state index is 0.0125. The highest BCUT2D eigenvalue weighted by Gasteiger charge is 2.37. The Morgan fingerprint density at radius 3 is 2.18 bits per heavy atom. The number of carbonyl (C=O) groups is 2. The Morgan fingerprint density at radius 1 is 0.977 bits per heavy atom. The lowest BCUT2D eigenvalue weighted by atomic mass is 10.1. The van der Waals surface area contributed by atoms with Gasteiger partial charge in [0.05, 0.1) is 21.2 Å². The summed E-state index contributed by atoms with van der Waals surface area (Å²) < 4.78 is 69.6. The van der Waals surface area contributed by atoms with Gasteiger partial charge >= 0.3 is 6.18 Å². The van der Waals surface area contributed by atoms with Crippen molar-refractivity contribution in [2.45, 2.75) is 68.6 Å². The number of hydrogen-bond donors (Lipinski definition) is 1. The summed E-state index contributed by atoms with van der Waals surface area (Å²) in [6.45, 7) is 0.957. The molecule has 0 heterocycles. The van der Waals surface area contributed by atoms with Crippen LogP contribution in [-0.4, -0.2) is 50.3 Å². The van der Waals surface area contributed by atoms with Crippen LogP contribution in [0.2, 0.25) is 5.02 Å². The Kier molecular flexibility index (Phi) is 11.0. The van der Waals surface area contributed by atoms with Crippen LogP contribution in [-0.2, 0) is 32.2 Å². The van der Waals surface area contributed by atoms with Crippen molar-refractivity contribution in [2.75, 3.05) is 17.4 Å². The van der Waals surface area contributed by atoms with E-state index in [-0.39, 0.29) is 34.8 Å². The third-order valence-electron chi connectivity index (χ3n) is 7.72. The lowest BCUT2D eigenvalue weighted by molar-refractivity contribution is -0.139. The molecule has 1 atom stereocenters. The number of alkyl halides is 3. The van der Waals surface area contributed by atoms with Gasteiger partial charge in [-0.25, -0.2) is 8.42 Å². The van der Waals surface area contributed by atoms with Gasteiger partial charge in [0.25, 0.3) is 10.0 Å². The third-order valence-corrected chi connectivity index (χ3v) is 9.82. The van der Waals surface area contributed by atoms with Gasteiger partial charge in [-0.3, -0.25) is 13.9 Å². The number of benzene rings is 3. The maximum atomic E-state index is 14.1. The molecule has 236 valence electrons. The molecule has 3 aromatic carbocycles. The summed E-state index contributed by atoms with van der Waals surface area (Å²) in [5, 5.41) is 2.74. The van der Waals surface area contributed by atoms with Crippen LogP contribution in [0, 0.1) is 0 Å². The van der Waals surface area contributed by atoms with Crippen molar-refractivity contribution in [1.82, 2.24) is 10.2 Å². The molecule has 0 radical (unpaired) electrons. The maximum Gasteiger partial charge on any atom is 0.416 e. The van der Waals surface area contributed by atoms with Crippen molar-refractivity contribution < 1.29 is 31.2 Å². The molecule has 44 heavy (non-hydrogen) atoms. The summed E-state index contributed by atoms with van der Waals surface area (Å²) in [6, 6.07) is 17.7. The molecule has 1 N–H and O–H groups in total. The number of nitrogens with one attached hydrogen (secondary N) is 1. The van der Waals surface area contributed by atoms with Crippen molar-refractivity contribution in [1.29, 1.82) is 0 Å². The fourth-order valence-electron chi connectivity index (χ4n) is 5.38. The van der Waals surface area contributed by atoms with E-state index in [4.69, 9.17) is 11.6 Å². The van der Waals surface area contributed by atoms with Crippen LogP contribution in [0.1, 0.15) is 50.2 Å². The van der Waals surface area contributed by atoms with E-state index in [1.807, 2.05) is 30.3 Å². The van der Waals surface area contributed by atoms with Crippen LogP contribution in [0.15, 0.2) is 83.8 Å². The van der Waals surface area contributed by atoms with Gasteiger partial charge in [0.15, 0.2) is 0 Å². The Morgan fingerprint density at radius 2 is 1.59 bits per heavy atom. The molecule has 4 rings (SSSR count). The zero-order valence-electron chi connectivity index (χ0n) is 24.3. The van der Waals surface area contributed by atoms with Crippen molar-refractivity contribution in [3.63, 3.8) is 0 Å². The van der Waals surface area contributed by atoms with Crippen molar-refractivity contribution in [2.24, 2.45) is 0 Å². The van der Waals surface area contributed by atoms with Gasteiger partial charge in [0.1, 0.15) is 12.6 Å². The van der Waals surface area contributed by atoms with Crippen molar-refractivity contribution >= 4 is 39.1 Å². The number of carbonyl (C=O) groups excluding carboxylic acids is 2. The first-order valence-corrected chi connectivity index (χ1v) is 16.3. The lowest BCUT2D eigenvalue weighted by Crippen LogP contribution is -2.54. The van der Waals surface area contributed by atoms with Gasteiger partial charge < -0.3 is 10.2 Å². The first-order chi connectivity index (χ1) is 20.9. The van der Waals surface area contributed by atoms with Crippen LogP contribution >= 0.6 is 11.6 Å². The van der Waals surface area contributed by atoms with Gasteiger partial charge in [0, 0.05) is 12.6 Å². The molecular formula is C32H35ClF3N3O4S. The Labute approximate surface area is 261 Å². The molecule has 7 nitrogen and oxygen atoms in total. The highest BCUT2D eigenvalue weighted by atomic mass is 35.5. The van der Waals surface area contributed by atoms with E-state index >= 15 is 0 Å². The number of sulfonamides is 1. The van der Waals surface area contributed by atoms with Gasteiger partial charge in [-0.2, -0.15) is 13.2 Å². The summed E-state index contributed by atoms with van der Waals surface area (Å²) in [5.41, 5.74) is -0.725. The molecule has 0 aliphatic heterocycles. The second kappa shape index (κ2) is 14.5. The zero-order valence-corrected chi connectivity index (χ0v) is 25.8. The quantitative estimate of drug-likeness (QED) is 0.244. The third kappa shape index (κ3) is 8.12. The van der Waals surface area contributed by atoms with Gasteiger partial charge in [0.2, 0.25) is 11.8 Å². The summed E-state index contributed by atoms with van der Waals surface area (Å²) in [6.07, 6.45) is -0.539. The first-order valence-electron chi connectivity index (χ1n) is 14.5. The molecule has 1 aliphatic rings. The van der Waals surface area contributed by atoms with Crippen LogP contribution in [0.5, 0.6) is 0 Å².